The van der Waals surface area contributed by atoms with Gasteiger partial charge < -0.3 is 24.8 Å². The number of para-hydroxylation sites is 2. The summed E-state index contributed by atoms with van der Waals surface area (Å²) in [4.78, 5) is 25.3. The number of allylic oxidation sites excluding steroid dienone is 1. The molecule has 0 bridgehead atoms. The Labute approximate surface area is 210 Å². The van der Waals surface area contributed by atoms with Crippen molar-refractivity contribution < 1.29 is 23.8 Å². The van der Waals surface area contributed by atoms with Crippen LogP contribution in [-0.4, -0.2) is 26.0 Å². The fraction of sp³-hybridized carbons (Fsp3) is 0.241. The standard InChI is InChI=1S/C29H28N2O5/c1-17(32)36-26-12-11-19(16-27(26)35-3)29-28-24(30-22-9-4-5-10-23(22)31-29)14-20(15-25(28)33)18-7-6-8-21(13-18)34-2/h4-13,16,20,29-31H,14-15H2,1-3H3. The molecule has 3 aromatic rings. The summed E-state index contributed by atoms with van der Waals surface area (Å²) in [6.07, 6.45) is 1.08. The number of methoxy groups -OCH3 is 2. The minimum absolute atomic E-state index is 0.0330. The quantitative estimate of drug-likeness (QED) is 0.360. The summed E-state index contributed by atoms with van der Waals surface area (Å²) in [6.45, 7) is 1.35. The van der Waals surface area contributed by atoms with E-state index in [-0.39, 0.29) is 11.7 Å². The molecule has 2 atom stereocenters. The first-order valence-corrected chi connectivity index (χ1v) is 11.9. The van der Waals surface area contributed by atoms with Crippen molar-refractivity contribution in [3.8, 4) is 17.2 Å². The molecule has 1 aliphatic heterocycles. The van der Waals surface area contributed by atoms with Crippen LogP contribution in [0.3, 0.4) is 0 Å². The number of hydrogen-bond donors (Lipinski definition) is 2. The zero-order chi connectivity index (χ0) is 25.2. The summed E-state index contributed by atoms with van der Waals surface area (Å²) in [5.41, 5.74) is 5.31. The fourth-order valence-electron chi connectivity index (χ4n) is 4.98. The molecule has 0 fully saturated rings. The molecule has 0 saturated carbocycles. The van der Waals surface area contributed by atoms with Crippen LogP contribution in [0.4, 0.5) is 11.4 Å². The van der Waals surface area contributed by atoms with Gasteiger partial charge in [-0.25, -0.2) is 0 Å². The van der Waals surface area contributed by atoms with Crippen LogP contribution in [0.2, 0.25) is 0 Å². The van der Waals surface area contributed by atoms with Gasteiger partial charge >= 0.3 is 5.97 Å². The molecule has 0 spiro atoms. The van der Waals surface area contributed by atoms with E-state index in [0.717, 1.165) is 33.9 Å². The molecule has 2 unspecified atom stereocenters. The highest BCUT2D eigenvalue weighted by Crippen LogP contribution is 2.45. The van der Waals surface area contributed by atoms with Crippen molar-refractivity contribution in [3.05, 3.63) is 89.1 Å². The number of esters is 1. The lowest BCUT2D eigenvalue weighted by Gasteiger charge is -2.30. The third-order valence-corrected chi connectivity index (χ3v) is 6.65. The van der Waals surface area contributed by atoms with E-state index in [4.69, 9.17) is 14.2 Å². The zero-order valence-corrected chi connectivity index (χ0v) is 20.5. The van der Waals surface area contributed by atoms with E-state index in [1.165, 1.54) is 14.0 Å². The lowest BCUT2D eigenvalue weighted by molar-refractivity contribution is -0.132. The van der Waals surface area contributed by atoms with Crippen LogP contribution in [0, 0.1) is 0 Å². The second-order valence-electron chi connectivity index (χ2n) is 8.95. The summed E-state index contributed by atoms with van der Waals surface area (Å²) in [7, 11) is 3.17. The average Bonchev–Trinajstić information content (AvgIpc) is 3.05. The Bertz CT molecular complexity index is 1360. The Morgan fingerprint density at radius 2 is 1.67 bits per heavy atom. The Kier molecular flexibility index (Phi) is 6.38. The monoisotopic (exact) mass is 484 g/mol. The molecule has 1 aliphatic carbocycles. The van der Waals surface area contributed by atoms with Crippen LogP contribution in [-0.2, 0) is 9.59 Å². The molecule has 0 amide bonds. The Balaban J connectivity index is 1.59. The fourth-order valence-corrected chi connectivity index (χ4v) is 4.98. The van der Waals surface area contributed by atoms with E-state index in [1.807, 2.05) is 60.7 Å². The number of Topliss-reactive ketones (excluding diaryl/α,β-unsaturated/α-hetero) is 1. The Hall–Kier alpha value is -4.26. The van der Waals surface area contributed by atoms with Gasteiger partial charge in [0.1, 0.15) is 5.75 Å². The molecule has 7 heteroatoms. The van der Waals surface area contributed by atoms with Gasteiger partial charge in [-0.3, -0.25) is 9.59 Å². The minimum Gasteiger partial charge on any atom is -0.497 e. The first kappa shape index (κ1) is 23.5. The molecule has 7 nitrogen and oxygen atoms in total. The van der Waals surface area contributed by atoms with Gasteiger partial charge in [-0.05, 0) is 59.9 Å². The van der Waals surface area contributed by atoms with Crippen molar-refractivity contribution in [2.24, 2.45) is 0 Å². The molecular weight excluding hydrogens is 456 g/mol. The van der Waals surface area contributed by atoms with Crippen molar-refractivity contribution in [1.82, 2.24) is 0 Å². The molecule has 0 radical (unpaired) electrons. The third kappa shape index (κ3) is 4.52. The van der Waals surface area contributed by atoms with E-state index >= 15 is 0 Å². The molecule has 0 saturated heterocycles. The van der Waals surface area contributed by atoms with Gasteiger partial charge in [0, 0.05) is 24.6 Å². The molecule has 2 aliphatic rings. The van der Waals surface area contributed by atoms with Gasteiger partial charge in [0.05, 0.1) is 31.6 Å². The molecular formula is C29H28N2O5. The van der Waals surface area contributed by atoms with Crippen molar-refractivity contribution in [1.29, 1.82) is 0 Å². The molecule has 184 valence electrons. The van der Waals surface area contributed by atoms with E-state index in [9.17, 15) is 9.59 Å². The predicted octanol–water partition coefficient (Wildman–Crippen LogP) is 5.61. The van der Waals surface area contributed by atoms with E-state index in [1.54, 1.807) is 13.2 Å². The van der Waals surface area contributed by atoms with E-state index in [2.05, 4.69) is 10.6 Å². The SMILES string of the molecule is COc1cccc(C2CC(=O)C3=C(C2)Nc2ccccc2NC3c2ccc(OC(C)=O)c(OC)c2)c1. The lowest BCUT2D eigenvalue weighted by atomic mass is 9.78. The summed E-state index contributed by atoms with van der Waals surface area (Å²) < 4.78 is 16.2. The minimum atomic E-state index is -0.428. The van der Waals surface area contributed by atoms with Gasteiger partial charge in [-0.2, -0.15) is 0 Å². The number of carbonyl (C=O) groups is 2. The van der Waals surface area contributed by atoms with Gasteiger partial charge in [0.25, 0.3) is 0 Å². The highest BCUT2D eigenvalue weighted by atomic mass is 16.6. The smallest absolute Gasteiger partial charge is 0.308 e. The van der Waals surface area contributed by atoms with Gasteiger partial charge in [0.2, 0.25) is 0 Å². The highest BCUT2D eigenvalue weighted by Gasteiger charge is 2.36. The number of nitrogens with one attached hydrogen (secondary N) is 2. The third-order valence-electron chi connectivity index (χ3n) is 6.65. The maximum atomic E-state index is 13.8. The van der Waals surface area contributed by atoms with Crippen LogP contribution in [0.15, 0.2) is 78.0 Å². The summed E-state index contributed by atoms with van der Waals surface area (Å²) in [5, 5.41) is 7.12. The number of rotatable bonds is 5. The van der Waals surface area contributed by atoms with Crippen molar-refractivity contribution >= 4 is 23.1 Å². The summed E-state index contributed by atoms with van der Waals surface area (Å²) >= 11 is 0. The number of benzene rings is 3. The Morgan fingerprint density at radius 3 is 2.42 bits per heavy atom. The zero-order valence-electron chi connectivity index (χ0n) is 20.5. The molecule has 2 N–H and O–H groups in total. The summed E-state index contributed by atoms with van der Waals surface area (Å²) in [6, 6.07) is 20.8. The second-order valence-corrected chi connectivity index (χ2v) is 8.95. The number of anilines is 2. The highest BCUT2D eigenvalue weighted by molar-refractivity contribution is 6.01. The molecule has 5 rings (SSSR count). The summed E-state index contributed by atoms with van der Waals surface area (Å²) in [5.74, 6) is 1.22. The second kappa shape index (κ2) is 9.77. The number of ketones is 1. The molecule has 36 heavy (non-hydrogen) atoms. The number of carbonyl (C=O) groups excluding carboxylic acids is 2. The topological polar surface area (TPSA) is 85.9 Å². The van der Waals surface area contributed by atoms with Crippen molar-refractivity contribution in [2.75, 3.05) is 24.9 Å². The normalized spacial score (nSPS) is 18.7. The van der Waals surface area contributed by atoms with Gasteiger partial charge in [0.15, 0.2) is 17.3 Å². The van der Waals surface area contributed by atoms with E-state index in [0.29, 0.717) is 29.9 Å². The van der Waals surface area contributed by atoms with Gasteiger partial charge in [-0.15, -0.1) is 0 Å². The van der Waals surface area contributed by atoms with Crippen LogP contribution in [0.25, 0.3) is 0 Å². The maximum absolute atomic E-state index is 13.8. The molecule has 0 aromatic heterocycles. The van der Waals surface area contributed by atoms with Crippen molar-refractivity contribution in [3.63, 3.8) is 0 Å². The predicted molar refractivity (Wildman–Crippen MR) is 138 cm³/mol. The number of hydrogen-bond acceptors (Lipinski definition) is 7. The first-order valence-electron chi connectivity index (χ1n) is 11.9. The van der Waals surface area contributed by atoms with E-state index < -0.39 is 12.0 Å². The van der Waals surface area contributed by atoms with Crippen molar-refractivity contribution in [2.45, 2.75) is 31.7 Å². The molecule has 1 heterocycles. The first-order chi connectivity index (χ1) is 17.5. The lowest BCUT2D eigenvalue weighted by Crippen LogP contribution is -2.27. The average molecular weight is 485 g/mol. The number of ether oxygens (including phenoxy) is 3. The van der Waals surface area contributed by atoms with Crippen LogP contribution >= 0.6 is 0 Å². The largest absolute Gasteiger partial charge is 0.497 e. The van der Waals surface area contributed by atoms with Crippen LogP contribution in [0.1, 0.15) is 42.9 Å². The van der Waals surface area contributed by atoms with Gasteiger partial charge in [-0.1, -0.05) is 30.3 Å². The van der Waals surface area contributed by atoms with Crippen LogP contribution in [0.5, 0.6) is 17.2 Å². The maximum Gasteiger partial charge on any atom is 0.308 e. The number of fused-ring (bicyclic) bond motifs is 1. The van der Waals surface area contributed by atoms with Crippen LogP contribution < -0.4 is 24.8 Å². The Morgan fingerprint density at radius 1 is 0.861 bits per heavy atom. The molecule has 3 aromatic carbocycles.